The molecule has 21 heavy (non-hydrogen) atoms. The lowest BCUT2D eigenvalue weighted by Crippen LogP contribution is -2.39. The van der Waals surface area contributed by atoms with E-state index in [9.17, 15) is 9.59 Å². The monoisotopic (exact) mass is 303 g/mol. The van der Waals surface area contributed by atoms with E-state index in [4.69, 9.17) is 9.47 Å². The van der Waals surface area contributed by atoms with Crippen LogP contribution < -0.4 is 16.0 Å². The summed E-state index contributed by atoms with van der Waals surface area (Å²) in [4.78, 5) is 22.2. The van der Waals surface area contributed by atoms with Crippen LogP contribution in [0.4, 0.5) is 4.79 Å². The molecule has 0 aliphatic carbocycles. The molecule has 0 rings (SSSR count). The predicted molar refractivity (Wildman–Crippen MR) is 81.2 cm³/mol. The fourth-order valence-corrected chi connectivity index (χ4v) is 1.31. The maximum absolute atomic E-state index is 11.3. The van der Waals surface area contributed by atoms with Crippen LogP contribution in [0.3, 0.4) is 0 Å². The number of hydrogen-bond donors (Lipinski definition) is 3. The fourth-order valence-electron chi connectivity index (χ4n) is 1.31. The summed E-state index contributed by atoms with van der Waals surface area (Å²) in [6, 6.07) is -0.171. The average molecular weight is 303 g/mol. The summed E-state index contributed by atoms with van der Waals surface area (Å²) in [7, 11) is 0. The minimum Gasteiger partial charge on any atom is -0.377 e. The second-order valence-electron chi connectivity index (χ2n) is 4.96. The van der Waals surface area contributed by atoms with Gasteiger partial charge < -0.3 is 25.4 Å². The van der Waals surface area contributed by atoms with Crippen molar-refractivity contribution in [2.24, 2.45) is 5.92 Å². The molecule has 0 spiro atoms. The number of urea groups is 1. The van der Waals surface area contributed by atoms with E-state index in [2.05, 4.69) is 16.0 Å². The highest BCUT2D eigenvalue weighted by molar-refractivity contribution is 5.75. The van der Waals surface area contributed by atoms with Crippen molar-refractivity contribution in [3.63, 3.8) is 0 Å². The molecule has 7 nitrogen and oxygen atoms in total. The largest absolute Gasteiger partial charge is 0.377 e. The molecule has 0 aromatic heterocycles. The third-order valence-corrected chi connectivity index (χ3v) is 2.46. The van der Waals surface area contributed by atoms with Gasteiger partial charge in [-0.3, -0.25) is 4.79 Å². The van der Waals surface area contributed by atoms with Crippen LogP contribution in [0, 0.1) is 5.92 Å². The van der Waals surface area contributed by atoms with Crippen LogP contribution >= 0.6 is 0 Å². The van der Waals surface area contributed by atoms with Crippen molar-refractivity contribution in [3.05, 3.63) is 0 Å². The van der Waals surface area contributed by atoms with Gasteiger partial charge in [0.25, 0.3) is 0 Å². The van der Waals surface area contributed by atoms with Gasteiger partial charge in [0, 0.05) is 26.1 Å². The first-order valence-electron chi connectivity index (χ1n) is 7.50. The molecule has 124 valence electrons. The Balaban J connectivity index is 3.18. The molecule has 0 bridgehead atoms. The third kappa shape index (κ3) is 14.9. The van der Waals surface area contributed by atoms with Gasteiger partial charge in [0.05, 0.1) is 26.4 Å². The van der Waals surface area contributed by atoms with Crippen molar-refractivity contribution < 1.29 is 19.1 Å². The standard InChI is InChI=1S/C14H29N3O4/c1-4-13(18)15-5-7-20-9-10-21-8-6-16-14(19)17-11-12(2)3/h12H,4-11H2,1-3H3,(H,15,18)(H2,16,17,19). The summed E-state index contributed by atoms with van der Waals surface area (Å²) in [6.45, 7) is 9.40. The summed E-state index contributed by atoms with van der Waals surface area (Å²) in [5, 5.41) is 8.18. The molecule has 3 N–H and O–H groups in total. The molecular weight excluding hydrogens is 274 g/mol. The van der Waals surface area contributed by atoms with E-state index in [1.165, 1.54) is 0 Å². The van der Waals surface area contributed by atoms with Crippen molar-refractivity contribution in [2.75, 3.05) is 46.1 Å². The number of hydrogen-bond acceptors (Lipinski definition) is 4. The van der Waals surface area contributed by atoms with E-state index in [0.717, 1.165) is 0 Å². The topological polar surface area (TPSA) is 88.7 Å². The fraction of sp³-hybridized carbons (Fsp3) is 0.857. The minimum absolute atomic E-state index is 0.0247. The molecular formula is C14H29N3O4. The number of nitrogens with one attached hydrogen (secondary N) is 3. The molecule has 0 radical (unpaired) electrons. The van der Waals surface area contributed by atoms with Crippen molar-refractivity contribution in [1.82, 2.24) is 16.0 Å². The van der Waals surface area contributed by atoms with Gasteiger partial charge in [-0.15, -0.1) is 0 Å². The molecule has 0 unspecified atom stereocenters. The van der Waals surface area contributed by atoms with Gasteiger partial charge >= 0.3 is 6.03 Å². The number of carbonyl (C=O) groups is 2. The Morgan fingerprint density at radius 1 is 0.905 bits per heavy atom. The van der Waals surface area contributed by atoms with Crippen LogP contribution in [0.2, 0.25) is 0 Å². The maximum Gasteiger partial charge on any atom is 0.314 e. The second-order valence-corrected chi connectivity index (χ2v) is 4.96. The SMILES string of the molecule is CCC(=O)NCCOCCOCCNC(=O)NCC(C)C. The molecule has 0 aromatic carbocycles. The molecule has 0 saturated carbocycles. The van der Waals surface area contributed by atoms with Crippen LogP contribution in [0.25, 0.3) is 0 Å². The zero-order valence-corrected chi connectivity index (χ0v) is 13.4. The smallest absolute Gasteiger partial charge is 0.314 e. The van der Waals surface area contributed by atoms with Gasteiger partial charge in [-0.25, -0.2) is 4.79 Å². The maximum atomic E-state index is 11.3. The number of rotatable bonds is 12. The average Bonchev–Trinajstić information content (AvgIpc) is 2.46. The Bertz CT molecular complexity index is 285. The number of ether oxygens (including phenoxy) is 2. The lowest BCUT2D eigenvalue weighted by Gasteiger charge is -2.10. The first kappa shape index (κ1) is 19.7. The lowest BCUT2D eigenvalue weighted by molar-refractivity contribution is -0.121. The molecule has 0 atom stereocenters. The summed E-state index contributed by atoms with van der Waals surface area (Å²) in [5.41, 5.74) is 0. The molecule has 0 aliphatic heterocycles. The van der Waals surface area contributed by atoms with Gasteiger partial charge in [0.15, 0.2) is 0 Å². The normalized spacial score (nSPS) is 10.5. The van der Waals surface area contributed by atoms with E-state index in [0.29, 0.717) is 58.4 Å². The van der Waals surface area contributed by atoms with Crippen LogP contribution in [0.15, 0.2) is 0 Å². The molecule has 0 saturated heterocycles. The van der Waals surface area contributed by atoms with Gasteiger partial charge in [-0.2, -0.15) is 0 Å². The lowest BCUT2D eigenvalue weighted by atomic mass is 10.2. The van der Waals surface area contributed by atoms with Crippen LogP contribution in [0.1, 0.15) is 27.2 Å². The number of carbonyl (C=O) groups excluding carboxylic acids is 2. The Morgan fingerprint density at radius 2 is 1.48 bits per heavy atom. The predicted octanol–water partition coefficient (Wildman–Crippen LogP) is 0.501. The first-order chi connectivity index (χ1) is 10.1. The zero-order chi connectivity index (χ0) is 15.9. The molecule has 0 aromatic rings. The minimum atomic E-state index is -0.171. The Morgan fingerprint density at radius 3 is 2.00 bits per heavy atom. The van der Waals surface area contributed by atoms with Crippen molar-refractivity contribution >= 4 is 11.9 Å². The Labute approximate surface area is 127 Å². The van der Waals surface area contributed by atoms with Crippen LogP contribution in [0.5, 0.6) is 0 Å². The second kappa shape index (κ2) is 13.6. The van der Waals surface area contributed by atoms with Gasteiger partial charge in [0.2, 0.25) is 5.91 Å². The van der Waals surface area contributed by atoms with Crippen LogP contribution in [-0.2, 0) is 14.3 Å². The highest BCUT2D eigenvalue weighted by Gasteiger charge is 2.00. The number of amides is 3. The van der Waals surface area contributed by atoms with E-state index >= 15 is 0 Å². The molecule has 0 fully saturated rings. The molecule has 3 amide bonds. The quantitative estimate of drug-likeness (QED) is 0.458. The third-order valence-electron chi connectivity index (χ3n) is 2.46. The Hall–Kier alpha value is -1.34. The highest BCUT2D eigenvalue weighted by atomic mass is 16.5. The van der Waals surface area contributed by atoms with Gasteiger partial charge in [-0.1, -0.05) is 20.8 Å². The van der Waals surface area contributed by atoms with Crippen molar-refractivity contribution in [1.29, 1.82) is 0 Å². The van der Waals surface area contributed by atoms with E-state index in [1.54, 1.807) is 6.92 Å². The Kier molecular flexibility index (Phi) is 12.8. The summed E-state index contributed by atoms with van der Waals surface area (Å²) in [6.07, 6.45) is 0.487. The van der Waals surface area contributed by atoms with Crippen molar-refractivity contribution in [3.8, 4) is 0 Å². The molecule has 0 heterocycles. The van der Waals surface area contributed by atoms with E-state index in [1.807, 2.05) is 13.8 Å². The summed E-state index contributed by atoms with van der Waals surface area (Å²) < 4.78 is 10.6. The van der Waals surface area contributed by atoms with Crippen molar-refractivity contribution in [2.45, 2.75) is 27.2 Å². The van der Waals surface area contributed by atoms with E-state index < -0.39 is 0 Å². The first-order valence-corrected chi connectivity index (χ1v) is 7.50. The molecule has 7 heteroatoms. The van der Waals surface area contributed by atoms with Crippen LogP contribution in [-0.4, -0.2) is 58.0 Å². The summed E-state index contributed by atoms with van der Waals surface area (Å²) in [5.74, 6) is 0.461. The van der Waals surface area contributed by atoms with Gasteiger partial charge in [0.1, 0.15) is 0 Å². The molecule has 0 aliphatic rings. The highest BCUT2D eigenvalue weighted by Crippen LogP contribution is 1.86. The van der Waals surface area contributed by atoms with E-state index in [-0.39, 0.29) is 11.9 Å². The zero-order valence-electron chi connectivity index (χ0n) is 13.4. The summed E-state index contributed by atoms with van der Waals surface area (Å²) >= 11 is 0. The van der Waals surface area contributed by atoms with Gasteiger partial charge in [-0.05, 0) is 5.92 Å².